The molecule has 0 aliphatic heterocycles. The van der Waals surface area contributed by atoms with E-state index in [1.165, 1.54) is 6.08 Å². The molecular weight excluding hydrogens is 140 g/mol. The van der Waals surface area contributed by atoms with Crippen molar-refractivity contribution in [1.82, 2.24) is 0 Å². The van der Waals surface area contributed by atoms with Gasteiger partial charge in [0.15, 0.2) is 0 Å². The van der Waals surface area contributed by atoms with Gasteiger partial charge in [-0.25, -0.2) is 9.79 Å². The first-order valence-electron chi connectivity index (χ1n) is 3.21. The van der Waals surface area contributed by atoms with Gasteiger partial charge in [-0.2, -0.15) is 0 Å². The van der Waals surface area contributed by atoms with Crippen molar-refractivity contribution in [3.63, 3.8) is 0 Å². The summed E-state index contributed by atoms with van der Waals surface area (Å²) in [7, 11) is 0. The average molecular weight is 148 g/mol. The third kappa shape index (κ3) is 2.24. The first-order valence-corrected chi connectivity index (χ1v) is 3.21. The molecule has 0 saturated carbocycles. The Morgan fingerprint density at radius 3 is 2.55 bits per heavy atom. The molecule has 0 aliphatic carbocycles. The van der Waals surface area contributed by atoms with E-state index in [2.05, 4.69) is 4.99 Å². The smallest absolute Gasteiger partial charge is 0.235 e. The van der Waals surface area contributed by atoms with E-state index >= 15 is 0 Å². The van der Waals surface area contributed by atoms with E-state index in [1.807, 2.05) is 12.1 Å². The molecule has 3 nitrogen and oxygen atoms in total. The Balaban J connectivity index is 2.73. The molecule has 1 rings (SSSR count). The molecule has 0 amide bonds. The molecule has 0 radical (unpaired) electrons. The zero-order chi connectivity index (χ0) is 8.10. The van der Waals surface area contributed by atoms with Crippen LogP contribution in [-0.2, 0) is 11.3 Å². The van der Waals surface area contributed by atoms with Gasteiger partial charge in [-0.15, -0.1) is 0 Å². The number of nitrogens with zero attached hydrogens (tertiary/aromatic N) is 1. The van der Waals surface area contributed by atoms with Gasteiger partial charge in [0, 0.05) is 5.69 Å². The third-order valence-corrected chi connectivity index (χ3v) is 1.31. The Morgan fingerprint density at radius 1 is 1.36 bits per heavy atom. The van der Waals surface area contributed by atoms with Gasteiger partial charge in [0.2, 0.25) is 6.08 Å². The van der Waals surface area contributed by atoms with E-state index in [-0.39, 0.29) is 0 Å². The van der Waals surface area contributed by atoms with Crippen LogP contribution < -0.4 is 5.73 Å². The fraction of sp³-hybridized carbons (Fsp3) is 0.125. The fourth-order valence-corrected chi connectivity index (χ4v) is 0.747. The molecule has 0 aliphatic rings. The topological polar surface area (TPSA) is 55.4 Å². The summed E-state index contributed by atoms with van der Waals surface area (Å²) in [5.41, 5.74) is 7.12. The lowest BCUT2D eigenvalue weighted by Crippen LogP contribution is -1.85. The number of nitrogens with two attached hydrogens (primary N) is 1. The predicted molar refractivity (Wildman–Crippen MR) is 42.7 cm³/mol. The summed E-state index contributed by atoms with van der Waals surface area (Å²) in [6.45, 7) is 0.379. The molecule has 0 saturated heterocycles. The van der Waals surface area contributed by atoms with Crippen LogP contribution in [0.1, 0.15) is 5.56 Å². The van der Waals surface area contributed by atoms with Crippen molar-refractivity contribution in [2.75, 3.05) is 5.73 Å². The molecule has 2 N–H and O–H groups in total. The van der Waals surface area contributed by atoms with Crippen LogP contribution >= 0.6 is 0 Å². The van der Waals surface area contributed by atoms with E-state index < -0.39 is 0 Å². The SMILES string of the molecule is Nc1ccc(CN=C=O)cc1. The van der Waals surface area contributed by atoms with E-state index in [1.54, 1.807) is 12.1 Å². The zero-order valence-electron chi connectivity index (χ0n) is 5.95. The Hall–Kier alpha value is -1.60. The summed E-state index contributed by atoms with van der Waals surface area (Å²) in [6.07, 6.45) is 1.47. The van der Waals surface area contributed by atoms with Gasteiger partial charge in [0.25, 0.3) is 0 Å². The van der Waals surface area contributed by atoms with Crippen LogP contribution in [0.4, 0.5) is 5.69 Å². The monoisotopic (exact) mass is 148 g/mol. The van der Waals surface area contributed by atoms with E-state index in [0.29, 0.717) is 12.2 Å². The van der Waals surface area contributed by atoms with E-state index in [0.717, 1.165) is 5.56 Å². The number of isocyanates is 1. The second-order valence-corrected chi connectivity index (χ2v) is 2.15. The Morgan fingerprint density at radius 2 is 2.00 bits per heavy atom. The van der Waals surface area contributed by atoms with Gasteiger partial charge in [0.1, 0.15) is 0 Å². The lowest BCUT2D eigenvalue weighted by molar-refractivity contribution is 0.563. The number of carbonyl (C=O) groups excluding carboxylic acids is 1. The molecule has 56 valence electrons. The molecule has 0 spiro atoms. The minimum Gasteiger partial charge on any atom is -0.399 e. The molecule has 0 unspecified atom stereocenters. The van der Waals surface area contributed by atoms with Crippen molar-refractivity contribution in [2.45, 2.75) is 6.54 Å². The second kappa shape index (κ2) is 3.54. The summed E-state index contributed by atoms with van der Waals surface area (Å²) in [5.74, 6) is 0. The Kier molecular flexibility index (Phi) is 2.42. The van der Waals surface area contributed by atoms with Crippen molar-refractivity contribution in [3.8, 4) is 0 Å². The van der Waals surface area contributed by atoms with Crippen LogP contribution in [0.2, 0.25) is 0 Å². The van der Waals surface area contributed by atoms with Gasteiger partial charge in [-0.05, 0) is 17.7 Å². The summed E-state index contributed by atoms with van der Waals surface area (Å²) < 4.78 is 0. The van der Waals surface area contributed by atoms with Crippen LogP contribution in [0.15, 0.2) is 29.3 Å². The highest BCUT2D eigenvalue weighted by Gasteiger charge is 1.88. The van der Waals surface area contributed by atoms with Crippen LogP contribution in [0.5, 0.6) is 0 Å². The minimum atomic E-state index is 0.379. The molecule has 0 aromatic heterocycles. The number of anilines is 1. The molecule has 0 bridgehead atoms. The lowest BCUT2D eigenvalue weighted by Gasteiger charge is -1.94. The minimum absolute atomic E-state index is 0.379. The summed E-state index contributed by atoms with van der Waals surface area (Å²) in [4.78, 5) is 13.2. The number of rotatable bonds is 2. The largest absolute Gasteiger partial charge is 0.399 e. The molecule has 1 aromatic rings. The lowest BCUT2D eigenvalue weighted by atomic mass is 10.2. The van der Waals surface area contributed by atoms with Crippen molar-refractivity contribution in [1.29, 1.82) is 0 Å². The van der Waals surface area contributed by atoms with Crippen LogP contribution in [-0.4, -0.2) is 6.08 Å². The van der Waals surface area contributed by atoms with E-state index in [4.69, 9.17) is 5.73 Å². The normalized spacial score (nSPS) is 8.73. The summed E-state index contributed by atoms with van der Waals surface area (Å²) in [6, 6.07) is 7.21. The van der Waals surface area contributed by atoms with Gasteiger partial charge in [-0.1, -0.05) is 12.1 Å². The number of aliphatic imine (C=N–C) groups is 1. The predicted octanol–water partition coefficient (Wildman–Crippen LogP) is 1.10. The molecule has 0 fully saturated rings. The number of benzene rings is 1. The molecule has 0 atom stereocenters. The zero-order valence-corrected chi connectivity index (χ0v) is 5.95. The van der Waals surface area contributed by atoms with Gasteiger partial charge < -0.3 is 5.73 Å². The highest BCUT2D eigenvalue weighted by atomic mass is 16.1. The fourth-order valence-electron chi connectivity index (χ4n) is 0.747. The Bertz CT molecular complexity index is 273. The first kappa shape index (κ1) is 7.51. The first-order chi connectivity index (χ1) is 5.33. The third-order valence-electron chi connectivity index (χ3n) is 1.31. The standard InChI is InChI=1S/C8H8N2O/c9-8-3-1-7(2-4-8)5-10-6-11/h1-4H,5,9H2. The highest BCUT2D eigenvalue weighted by Crippen LogP contribution is 2.05. The number of hydrogen-bond donors (Lipinski definition) is 1. The molecule has 11 heavy (non-hydrogen) atoms. The second-order valence-electron chi connectivity index (χ2n) is 2.15. The Labute approximate surface area is 64.6 Å². The van der Waals surface area contributed by atoms with Crippen molar-refractivity contribution in [2.24, 2.45) is 4.99 Å². The van der Waals surface area contributed by atoms with Gasteiger partial charge in [0.05, 0.1) is 6.54 Å². The van der Waals surface area contributed by atoms with Crippen LogP contribution in [0.3, 0.4) is 0 Å². The molecule has 0 heterocycles. The quantitative estimate of drug-likeness (QED) is 0.388. The maximum atomic E-state index is 9.73. The maximum absolute atomic E-state index is 9.73. The number of hydrogen-bond acceptors (Lipinski definition) is 3. The van der Waals surface area contributed by atoms with E-state index in [9.17, 15) is 4.79 Å². The highest BCUT2D eigenvalue weighted by molar-refractivity contribution is 5.40. The maximum Gasteiger partial charge on any atom is 0.235 e. The average Bonchev–Trinajstić information content (AvgIpc) is 2.04. The molecular formula is C8H8N2O. The number of nitrogen functional groups attached to an aromatic ring is 1. The van der Waals surface area contributed by atoms with Crippen LogP contribution in [0.25, 0.3) is 0 Å². The van der Waals surface area contributed by atoms with Crippen molar-refractivity contribution >= 4 is 11.8 Å². The molecule has 3 heteroatoms. The summed E-state index contributed by atoms with van der Waals surface area (Å²) >= 11 is 0. The van der Waals surface area contributed by atoms with Crippen LogP contribution in [0, 0.1) is 0 Å². The molecule has 1 aromatic carbocycles. The summed E-state index contributed by atoms with van der Waals surface area (Å²) in [5, 5.41) is 0. The van der Waals surface area contributed by atoms with Crippen molar-refractivity contribution in [3.05, 3.63) is 29.8 Å². The van der Waals surface area contributed by atoms with Gasteiger partial charge in [-0.3, -0.25) is 0 Å². The van der Waals surface area contributed by atoms with Crippen molar-refractivity contribution < 1.29 is 4.79 Å². The van der Waals surface area contributed by atoms with Gasteiger partial charge >= 0.3 is 0 Å².